The highest BCUT2D eigenvalue weighted by molar-refractivity contribution is 7.80. The maximum absolute atomic E-state index is 12.5. The van der Waals surface area contributed by atoms with E-state index in [0.717, 1.165) is 0 Å². The Morgan fingerprint density at radius 3 is 1.25 bits per heavy atom. The van der Waals surface area contributed by atoms with Gasteiger partial charge < -0.3 is 68.6 Å². The maximum atomic E-state index is 12.5. The van der Waals surface area contributed by atoms with Crippen molar-refractivity contribution >= 4 is 82.4 Å². The molecule has 0 radical (unpaired) electrons. The van der Waals surface area contributed by atoms with Crippen LogP contribution >= 0.6 is 24.4 Å². The van der Waals surface area contributed by atoms with Gasteiger partial charge in [0.2, 0.25) is 0 Å². The third-order valence-corrected chi connectivity index (χ3v) is 8.77. The first-order valence-corrected chi connectivity index (χ1v) is 19.2. The number of nitrogens with one attached hydrogen (secondary N) is 4. The lowest BCUT2D eigenvalue weighted by atomic mass is 9.97. The molecular weight excluding hydrogens is 897 g/mol. The van der Waals surface area contributed by atoms with E-state index < -0.39 is 177 Å². The predicted molar refractivity (Wildman–Crippen MR) is 222 cm³/mol. The predicted octanol–water partition coefficient (Wildman–Crippen LogP) is -1.31. The summed E-state index contributed by atoms with van der Waals surface area (Å²) >= 11 is 10.9. The Labute approximate surface area is 389 Å². The summed E-state index contributed by atoms with van der Waals surface area (Å²) in [5.74, 6) is -9.07. The van der Waals surface area contributed by atoms with Crippen LogP contribution in [0.3, 0.4) is 0 Å². The van der Waals surface area contributed by atoms with Crippen LogP contribution in [-0.2, 0) is 85.7 Å². The van der Waals surface area contributed by atoms with E-state index in [0.29, 0.717) is 0 Å². The first-order valence-electron chi connectivity index (χ1n) is 24.0. The van der Waals surface area contributed by atoms with Crippen molar-refractivity contribution in [3.63, 3.8) is 0 Å². The molecule has 2 unspecified atom stereocenters. The first kappa shape index (κ1) is 42.3. The molecule has 2 fully saturated rings. The highest BCUT2D eigenvalue weighted by Crippen LogP contribution is 2.30. The van der Waals surface area contributed by atoms with Crippen LogP contribution in [0.15, 0.2) is 5.11 Å². The molecular formula is C36H54N8O18S2. The molecule has 10 atom stereocenters. The van der Waals surface area contributed by atoms with Crippen LogP contribution in [0.5, 0.6) is 0 Å². The molecule has 26 nitrogen and oxygen atoms in total. The Balaban J connectivity index is 2.30. The minimum atomic E-state index is -1.77. The van der Waals surface area contributed by atoms with Crippen LogP contribution < -0.4 is 21.3 Å². The highest BCUT2D eigenvalue weighted by atomic mass is 32.1. The molecule has 64 heavy (non-hydrogen) atoms. The normalized spacial score (nSPS) is 26.4. The quantitative estimate of drug-likeness (QED) is 0.0259. The SMILES string of the molecule is [2H]CC(=O)OC[C@H]1OC(NC(=S)NCCN(CCN=[N+]=[N-])CCNC(=S)NC2O[C@H](COC(=O)C[2H])[C@@H](OC(=O)C[2H])[C@H](OC(=O)C[2H])[C@@H]2OC(=O)C[2H])[C@@H](OC(=O)C[2H])[C@@H](OC(=O)C[2H])[C@@H]1OC(=O)C[2H]. The van der Waals surface area contributed by atoms with Gasteiger partial charge >= 0.3 is 47.8 Å². The van der Waals surface area contributed by atoms with E-state index in [9.17, 15) is 38.4 Å². The number of thiocarbonyl (C=S) groups is 2. The number of carbonyl (C=O) groups excluding carboxylic acids is 8. The first-order chi connectivity index (χ1) is 34.4. The van der Waals surface area contributed by atoms with E-state index in [2.05, 4.69) is 31.3 Å². The summed E-state index contributed by atoms with van der Waals surface area (Å²) in [6, 6.07) is 0. The largest absolute Gasteiger partial charge is 0.463 e. The van der Waals surface area contributed by atoms with E-state index >= 15 is 0 Å². The molecule has 0 aromatic rings. The Kier molecular flexibility index (Phi) is 18.2. The second kappa shape index (κ2) is 27.5. The van der Waals surface area contributed by atoms with Gasteiger partial charge in [-0.25, -0.2) is 0 Å². The van der Waals surface area contributed by atoms with E-state index in [1.165, 1.54) is 0 Å². The van der Waals surface area contributed by atoms with Gasteiger partial charge in [0.1, 0.15) is 25.4 Å². The second-order valence-corrected chi connectivity index (χ2v) is 13.7. The molecule has 2 saturated heterocycles. The third-order valence-electron chi connectivity index (χ3n) is 8.24. The van der Waals surface area contributed by atoms with Crippen molar-refractivity contribution in [3.8, 4) is 0 Å². The standard InChI is InChI=1S/C36H54N8O18S2/c1-17(45)53-15-25-27(55-19(3)47)29(57-21(5)49)31(59-23(7)51)33(61-25)41-35(63)38-9-12-44(14-11-40-43-37)13-10-39-36(64)42-34-32(60-24(8)52)30(58-22(6)50)28(56-20(4)48)26(62-34)16-54-18(2)46/h25-34H,9-16H2,1-8H3,(H2,38,41,63)(H2,39,42,64)/t25-,26-,27-,28-,29+,30+,31+,32+,33?,34?/m1/s1/i1D,2D,3D,4D,5D,6D,7D,8D. The lowest BCUT2D eigenvalue weighted by Crippen LogP contribution is -2.67. The smallest absolute Gasteiger partial charge is 0.303 e. The number of nitrogens with zero attached hydrogens (tertiary/aromatic N) is 4. The molecule has 0 aliphatic carbocycles. The highest BCUT2D eigenvalue weighted by Gasteiger charge is 2.54. The maximum Gasteiger partial charge on any atom is 0.303 e. The van der Waals surface area contributed by atoms with E-state index in [1.807, 2.05) is 0 Å². The minimum absolute atomic E-state index is 0.0209. The topological polar surface area (TPSA) is 329 Å². The fraction of sp³-hybridized carbons (Fsp3) is 0.722. The molecule has 4 N–H and O–H groups in total. The molecule has 2 aliphatic heterocycles. The number of hydrogen-bond donors (Lipinski definition) is 4. The lowest BCUT2D eigenvalue weighted by Gasteiger charge is -2.44. The summed E-state index contributed by atoms with van der Waals surface area (Å²) in [5, 5.41) is 14.4. The average Bonchev–Trinajstić information content (AvgIpc) is 3.37. The molecule has 358 valence electrons. The summed E-state index contributed by atoms with van der Waals surface area (Å²) in [4.78, 5) is 103. The summed E-state index contributed by atoms with van der Waals surface area (Å²) in [7, 11) is 0. The van der Waals surface area contributed by atoms with Crippen LogP contribution in [0, 0.1) is 0 Å². The summed E-state index contributed by atoms with van der Waals surface area (Å²) in [6.07, 6.45) is -16.6. The molecule has 0 spiro atoms. The summed E-state index contributed by atoms with van der Waals surface area (Å²) < 4.78 is 113. The van der Waals surface area contributed by atoms with Gasteiger partial charge in [-0.15, -0.1) is 0 Å². The molecule has 28 heteroatoms. The fourth-order valence-electron chi connectivity index (χ4n) is 5.98. The molecule has 0 bridgehead atoms. The van der Waals surface area contributed by atoms with Gasteiger partial charge in [0, 0.05) is 110 Å². The van der Waals surface area contributed by atoms with E-state index in [4.69, 9.17) is 88.3 Å². The van der Waals surface area contributed by atoms with Crippen LogP contribution in [0.4, 0.5) is 0 Å². The molecule has 2 rings (SSSR count). The average molecular weight is 959 g/mol. The fourth-order valence-corrected chi connectivity index (χ4v) is 6.42. The number of azide groups is 1. The lowest BCUT2D eigenvalue weighted by molar-refractivity contribution is -0.255. The zero-order valence-electron chi connectivity index (χ0n) is 42.0. The van der Waals surface area contributed by atoms with Crippen molar-refractivity contribution in [1.82, 2.24) is 26.2 Å². The number of ether oxygens (including phenoxy) is 10. The van der Waals surface area contributed by atoms with Crippen LogP contribution in [-0.4, -0.2) is 177 Å². The number of carbonyl (C=O) groups is 8. The van der Waals surface area contributed by atoms with Crippen molar-refractivity contribution < 1.29 is 96.7 Å². The van der Waals surface area contributed by atoms with Crippen LogP contribution in [0.25, 0.3) is 10.4 Å². The summed E-state index contributed by atoms with van der Waals surface area (Å²) in [6.45, 7) is -8.20. The van der Waals surface area contributed by atoms with Gasteiger partial charge in [-0.2, -0.15) is 0 Å². The van der Waals surface area contributed by atoms with E-state index in [-0.39, 0.29) is 49.5 Å². The van der Waals surface area contributed by atoms with Gasteiger partial charge in [-0.3, -0.25) is 43.3 Å². The van der Waals surface area contributed by atoms with Crippen LogP contribution in [0.1, 0.15) is 66.2 Å². The monoisotopic (exact) mass is 958 g/mol. The Bertz CT molecular complexity index is 1810. The second-order valence-electron chi connectivity index (χ2n) is 12.9. The minimum Gasteiger partial charge on any atom is -0.463 e. The van der Waals surface area contributed by atoms with Gasteiger partial charge in [0.05, 0.1) is 0 Å². The van der Waals surface area contributed by atoms with Gasteiger partial charge in [-0.1, -0.05) is 5.11 Å². The van der Waals surface area contributed by atoms with Crippen LogP contribution in [0.2, 0.25) is 0 Å². The molecule has 0 aromatic heterocycles. The molecule has 0 saturated carbocycles. The molecule has 2 aliphatic rings. The number of esters is 8. The van der Waals surface area contributed by atoms with Crippen molar-refractivity contribution in [3.05, 3.63) is 10.4 Å². The van der Waals surface area contributed by atoms with Crippen molar-refractivity contribution in [1.29, 1.82) is 0 Å². The third kappa shape index (κ3) is 19.8. The summed E-state index contributed by atoms with van der Waals surface area (Å²) in [5.41, 5.74) is 8.91. The Morgan fingerprint density at radius 1 is 0.562 bits per heavy atom. The van der Waals surface area contributed by atoms with Crippen molar-refractivity contribution in [2.24, 2.45) is 5.11 Å². The van der Waals surface area contributed by atoms with Gasteiger partial charge in [-0.05, 0) is 30.0 Å². The Morgan fingerprint density at radius 2 is 0.906 bits per heavy atom. The number of hydrogen-bond acceptors (Lipinski definition) is 22. The Hall–Kier alpha value is -5.67. The molecule has 0 amide bonds. The zero-order chi connectivity index (χ0) is 53.8. The van der Waals surface area contributed by atoms with E-state index in [1.54, 1.807) is 4.90 Å². The van der Waals surface area contributed by atoms with Gasteiger partial charge in [0.25, 0.3) is 0 Å². The zero-order valence-corrected chi connectivity index (χ0v) is 35.7. The number of rotatable bonds is 21. The van der Waals surface area contributed by atoms with Crippen molar-refractivity contribution in [2.45, 2.75) is 116 Å². The molecule has 2 heterocycles. The van der Waals surface area contributed by atoms with Gasteiger partial charge in [0.15, 0.2) is 59.3 Å². The molecule has 0 aromatic carbocycles. The van der Waals surface area contributed by atoms with Crippen molar-refractivity contribution in [2.75, 3.05) is 52.5 Å².